The van der Waals surface area contributed by atoms with E-state index in [1.165, 1.54) is 18.2 Å². The molecule has 0 unspecified atom stereocenters. The molecule has 1 aromatic carbocycles. The van der Waals surface area contributed by atoms with Crippen LogP contribution in [-0.4, -0.2) is 45.2 Å². The average molecular weight is 411 g/mol. The van der Waals surface area contributed by atoms with Gasteiger partial charge < -0.3 is 10.1 Å². The lowest BCUT2D eigenvalue weighted by Crippen LogP contribution is -2.48. The van der Waals surface area contributed by atoms with E-state index < -0.39 is 34.5 Å². The van der Waals surface area contributed by atoms with Crippen LogP contribution in [0.4, 0.5) is 10.5 Å². The number of nitrogens with one attached hydrogen (secondary N) is 3. The van der Waals surface area contributed by atoms with Gasteiger partial charge in [-0.2, -0.15) is 0 Å². The second kappa shape index (κ2) is 9.54. The molecule has 2 rings (SSSR count). The number of urea groups is 1. The minimum absolute atomic E-state index is 0.0121. The van der Waals surface area contributed by atoms with Crippen molar-refractivity contribution < 1.29 is 27.5 Å². The van der Waals surface area contributed by atoms with Crippen LogP contribution in [0, 0.1) is 5.92 Å². The number of esters is 1. The van der Waals surface area contributed by atoms with Gasteiger partial charge in [0.05, 0.1) is 17.5 Å². The second-order valence-corrected chi connectivity index (χ2v) is 8.63. The maximum absolute atomic E-state index is 12.2. The number of rotatable bonds is 6. The van der Waals surface area contributed by atoms with Crippen molar-refractivity contribution in [1.29, 1.82) is 0 Å². The molecule has 0 radical (unpaired) electrons. The van der Waals surface area contributed by atoms with Crippen LogP contribution in [-0.2, 0) is 19.6 Å². The van der Waals surface area contributed by atoms with Crippen LogP contribution in [0.25, 0.3) is 0 Å². The predicted molar refractivity (Wildman–Crippen MR) is 103 cm³/mol. The molecule has 3 amide bonds. The van der Waals surface area contributed by atoms with E-state index >= 15 is 0 Å². The first-order chi connectivity index (χ1) is 13.2. The minimum Gasteiger partial charge on any atom is -0.452 e. The van der Waals surface area contributed by atoms with E-state index in [0.29, 0.717) is 5.92 Å². The zero-order valence-corrected chi connectivity index (χ0v) is 16.7. The van der Waals surface area contributed by atoms with Gasteiger partial charge >= 0.3 is 12.0 Å². The van der Waals surface area contributed by atoms with Gasteiger partial charge in [-0.3, -0.25) is 14.8 Å². The number of anilines is 1. The Labute approximate surface area is 164 Å². The van der Waals surface area contributed by atoms with Crippen molar-refractivity contribution in [3.05, 3.63) is 29.8 Å². The van der Waals surface area contributed by atoms with Crippen LogP contribution in [0.3, 0.4) is 0 Å². The lowest BCUT2D eigenvalue weighted by Gasteiger charge is -2.29. The fourth-order valence-electron chi connectivity index (χ4n) is 3.06. The summed E-state index contributed by atoms with van der Waals surface area (Å²) in [6, 6.07) is 5.23. The third kappa shape index (κ3) is 6.84. The molecular weight excluding hydrogens is 386 g/mol. The van der Waals surface area contributed by atoms with E-state index in [-0.39, 0.29) is 17.3 Å². The lowest BCUT2D eigenvalue weighted by atomic mass is 9.86. The Morgan fingerprint density at radius 3 is 2.50 bits per heavy atom. The molecule has 154 valence electrons. The van der Waals surface area contributed by atoms with E-state index in [1.54, 1.807) is 6.07 Å². The molecule has 2 atom stereocenters. The Hall–Kier alpha value is -2.62. The summed E-state index contributed by atoms with van der Waals surface area (Å²) < 4.78 is 29.9. The van der Waals surface area contributed by atoms with Gasteiger partial charge in [0, 0.05) is 6.04 Å². The number of para-hydroxylation sites is 1. The highest BCUT2D eigenvalue weighted by Crippen LogP contribution is 2.23. The van der Waals surface area contributed by atoms with Crippen LogP contribution in [0.5, 0.6) is 0 Å². The summed E-state index contributed by atoms with van der Waals surface area (Å²) in [4.78, 5) is 36.0. The summed E-state index contributed by atoms with van der Waals surface area (Å²) in [5.41, 5.74) is 0.000597. The predicted octanol–water partition coefficient (Wildman–Crippen LogP) is 1.62. The van der Waals surface area contributed by atoms with Crippen LogP contribution in [0.1, 0.15) is 43.0 Å². The molecule has 10 heteroatoms. The fraction of sp³-hybridized carbons (Fsp3) is 0.500. The SMILES string of the molecule is C[C@H]1CCCC[C@@H]1NC(=O)NC(=O)COC(=O)c1ccccc1NS(C)(=O)=O. The van der Waals surface area contributed by atoms with Gasteiger partial charge in [0.15, 0.2) is 6.61 Å². The van der Waals surface area contributed by atoms with Crippen molar-refractivity contribution in [2.24, 2.45) is 5.92 Å². The zero-order chi connectivity index (χ0) is 20.7. The first kappa shape index (κ1) is 21.7. The van der Waals surface area contributed by atoms with Gasteiger partial charge in [-0.15, -0.1) is 0 Å². The van der Waals surface area contributed by atoms with Crippen molar-refractivity contribution in [3.8, 4) is 0 Å². The molecule has 1 aliphatic rings. The average Bonchev–Trinajstić information content (AvgIpc) is 2.60. The topological polar surface area (TPSA) is 131 Å². The molecule has 28 heavy (non-hydrogen) atoms. The normalized spacial score (nSPS) is 19.4. The molecule has 3 N–H and O–H groups in total. The van der Waals surface area contributed by atoms with Gasteiger partial charge in [0.2, 0.25) is 10.0 Å². The highest BCUT2D eigenvalue weighted by Gasteiger charge is 2.23. The van der Waals surface area contributed by atoms with Crippen molar-refractivity contribution in [2.75, 3.05) is 17.6 Å². The summed E-state index contributed by atoms with van der Waals surface area (Å²) in [5.74, 6) is -1.32. The van der Waals surface area contributed by atoms with Gasteiger partial charge in [0.25, 0.3) is 5.91 Å². The Morgan fingerprint density at radius 1 is 1.14 bits per heavy atom. The first-order valence-corrected chi connectivity index (χ1v) is 10.9. The first-order valence-electron chi connectivity index (χ1n) is 9.00. The van der Waals surface area contributed by atoms with Gasteiger partial charge in [0.1, 0.15) is 0 Å². The zero-order valence-electron chi connectivity index (χ0n) is 15.9. The molecule has 9 nitrogen and oxygen atoms in total. The van der Waals surface area contributed by atoms with E-state index in [2.05, 4.69) is 22.3 Å². The number of sulfonamides is 1. The Kier molecular flexibility index (Phi) is 7.38. The number of imide groups is 1. The van der Waals surface area contributed by atoms with Gasteiger partial charge in [-0.05, 0) is 30.9 Å². The molecular formula is C18H25N3O6S. The monoisotopic (exact) mass is 411 g/mol. The Morgan fingerprint density at radius 2 is 1.82 bits per heavy atom. The number of carbonyl (C=O) groups is 3. The second-order valence-electron chi connectivity index (χ2n) is 6.89. The maximum Gasteiger partial charge on any atom is 0.340 e. The molecule has 0 heterocycles. The van der Waals surface area contributed by atoms with Crippen molar-refractivity contribution in [3.63, 3.8) is 0 Å². The molecule has 0 saturated heterocycles. The number of ether oxygens (including phenoxy) is 1. The van der Waals surface area contributed by atoms with Crippen LogP contribution >= 0.6 is 0 Å². The number of benzene rings is 1. The summed E-state index contributed by atoms with van der Waals surface area (Å²) in [7, 11) is -3.59. The molecule has 1 aromatic rings. The molecule has 0 aromatic heterocycles. The summed E-state index contributed by atoms with van der Waals surface area (Å²) in [6.07, 6.45) is 5.00. The van der Waals surface area contributed by atoms with Crippen molar-refractivity contribution >= 4 is 33.6 Å². The number of hydrogen-bond acceptors (Lipinski definition) is 6. The van der Waals surface area contributed by atoms with Crippen molar-refractivity contribution in [1.82, 2.24) is 10.6 Å². The Bertz CT molecular complexity index is 839. The maximum atomic E-state index is 12.2. The Balaban J connectivity index is 1.85. The third-order valence-corrected chi connectivity index (χ3v) is 5.05. The highest BCUT2D eigenvalue weighted by atomic mass is 32.2. The summed E-state index contributed by atoms with van der Waals surface area (Å²) in [5, 5.41) is 4.90. The van der Waals surface area contributed by atoms with E-state index in [4.69, 9.17) is 4.74 Å². The fourth-order valence-corrected chi connectivity index (χ4v) is 3.63. The molecule has 1 saturated carbocycles. The van der Waals surface area contributed by atoms with Crippen molar-refractivity contribution in [2.45, 2.75) is 38.6 Å². The highest BCUT2D eigenvalue weighted by molar-refractivity contribution is 7.92. The molecule has 1 fully saturated rings. The third-order valence-electron chi connectivity index (χ3n) is 4.46. The quantitative estimate of drug-likeness (QED) is 0.610. The standard InChI is InChI=1S/C18H25N3O6S/c1-12-7-3-5-9-14(12)19-18(24)20-16(22)11-27-17(23)13-8-4-6-10-15(13)21-28(2,25)26/h4,6,8,10,12,14,21H,3,5,7,9,11H2,1-2H3,(H2,19,20,22,24)/t12-,14-/m0/s1. The lowest BCUT2D eigenvalue weighted by molar-refractivity contribution is -0.123. The summed E-state index contributed by atoms with van der Waals surface area (Å²) in [6.45, 7) is 1.38. The molecule has 0 spiro atoms. The minimum atomic E-state index is -3.59. The van der Waals surface area contributed by atoms with Gasteiger partial charge in [-0.25, -0.2) is 18.0 Å². The number of hydrogen-bond donors (Lipinski definition) is 3. The van der Waals surface area contributed by atoms with E-state index in [1.807, 2.05) is 0 Å². The number of amides is 3. The number of carbonyl (C=O) groups excluding carboxylic acids is 3. The van der Waals surface area contributed by atoms with E-state index in [9.17, 15) is 22.8 Å². The van der Waals surface area contributed by atoms with Crippen LogP contribution in [0.15, 0.2) is 24.3 Å². The smallest absolute Gasteiger partial charge is 0.340 e. The van der Waals surface area contributed by atoms with Crippen LogP contribution < -0.4 is 15.4 Å². The van der Waals surface area contributed by atoms with Gasteiger partial charge in [-0.1, -0.05) is 31.9 Å². The molecule has 1 aliphatic carbocycles. The molecule has 0 aliphatic heterocycles. The van der Waals surface area contributed by atoms with Crippen LogP contribution in [0.2, 0.25) is 0 Å². The largest absolute Gasteiger partial charge is 0.452 e. The summed E-state index contributed by atoms with van der Waals surface area (Å²) >= 11 is 0. The molecule has 0 bridgehead atoms. The van der Waals surface area contributed by atoms with E-state index in [0.717, 1.165) is 31.9 Å².